The van der Waals surface area contributed by atoms with Gasteiger partial charge in [0.2, 0.25) is 5.82 Å². The summed E-state index contributed by atoms with van der Waals surface area (Å²) in [4.78, 5) is 8.08. The molecule has 0 saturated carbocycles. The first-order valence-electron chi connectivity index (χ1n) is 5.93. The van der Waals surface area contributed by atoms with Gasteiger partial charge in [-0.2, -0.15) is 4.98 Å². The molecule has 0 atom stereocenters. The highest BCUT2D eigenvalue weighted by Gasteiger charge is 2.10. The standard InChI is InChI=1S/C14H10FN3O2/c15-11-3-1-2-4-12(11)19-9-13-17-14(18-20-13)10-5-7-16-8-6-10/h1-8H,9H2. The predicted octanol–water partition coefficient (Wildman–Crippen LogP) is 2.85. The zero-order valence-corrected chi connectivity index (χ0v) is 10.4. The molecule has 0 spiro atoms. The minimum Gasteiger partial charge on any atom is -0.481 e. The Morgan fingerprint density at radius 3 is 2.70 bits per heavy atom. The molecule has 0 amide bonds. The van der Waals surface area contributed by atoms with E-state index in [0.717, 1.165) is 5.56 Å². The Labute approximate surface area is 114 Å². The highest BCUT2D eigenvalue weighted by molar-refractivity contribution is 5.52. The molecule has 3 aromatic rings. The van der Waals surface area contributed by atoms with Crippen LogP contribution in [0.2, 0.25) is 0 Å². The van der Waals surface area contributed by atoms with Crippen LogP contribution in [-0.2, 0) is 6.61 Å². The van der Waals surface area contributed by atoms with Crippen molar-refractivity contribution in [2.45, 2.75) is 6.61 Å². The molecule has 0 fully saturated rings. The summed E-state index contributed by atoms with van der Waals surface area (Å²) in [6, 6.07) is 9.69. The quantitative estimate of drug-likeness (QED) is 0.730. The van der Waals surface area contributed by atoms with Crippen molar-refractivity contribution in [3.8, 4) is 17.1 Å². The molecule has 2 aromatic heterocycles. The van der Waals surface area contributed by atoms with Gasteiger partial charge in [-0.25, -0.2) is 4.39 Å². The van der Waals surface area contributed by atoms with E-state index < -0.39 is 5.82 Å². The Morgan fingerprint density at radius 1 is 1.10 bits per heavy atom. The maximum absolute atomic E-state index is 13.4. The lowest BCUT2D eigenvalue weighted by molar-refractivity contribution is 0.234. The second-order valence-corrected chi connectivity index (χ2v) is 3.97. The zero-order valence-electron chi connectivity index (χ0n) is 10.4. The number of hydrogen-bond acceptors (Lipinski definition) is 5. The summed E-state index contributed by atoms with van der Waals surface area (Å²) in [6.07, 6.45) is 3.28. The van der Waals surface area contributed by atoms with E-state index in [4.69, 9.17) is 9.26 Å². The normalized spacial score (nSPS) is 10.4. The molecule has 0 aliphatic heterocycles. The first-order chi connectivity index (χ1) is 9.83. The van der Waals surface area contributed by atoms with Gasteiger partial charge in [0.15, 0.2) is 18.2 Å². The number of benzene rings is 1. The molecule has 0 N–H and O–H groups in total. The van der Waals surface area contributed by atoms with Crippen LogP contribution >= 0.6 is 0 Å². The van der Waals surface area contributed by atoms with Gasteiger partial charge < -0.3 is 9.26 Å². The molecule has 0 saturated heterocycles. The number of rotatable bonds is 4. The van der Waals surface area contributed by atoms with Gasteiger partial charge >= 0.3 is 0 Å². The molecule has 0 aliphatic carbocycles. The fourth-order valence-electron chi connectivity index (χ4n) is 1.63. The fourth-order valence-corrected chi connectivity index (χ4v) is 1.63. The van der Waals surface area contributed by atoms with Crippen LogP contribution in [0, 0.1) is 5.82 Å². The van der Waals surface area contributed by atoms with Crippen molar-refractivity contribution in [2.75, 3.05) is 0 Å². The minimum atomic E-state index is -0.429. The SMILES string of the molecule is Fc1ccccc1OCc1nc(-c2ccncc2)no1. The molecule has 0 bridgehead atoms. The van der Waals surface area contributed by atoms with Gasteiger partial charge in [0.25, 0.3) is 5.89 Å². The van der Waals surface area contributed by atoms with Crippen LogP contribution in [0.1, 0.15) is 5.89 Å². The van der Waals surface area contributed by atoms with E-state index in [1.54, 1.807) is 36.7 Å². The van der Waals surface area contributed by atoms with E-state index in [1.165, 1.54) is 12.1 Å². The first kappa shape index (κ1) is 12.3. The van der Waals surface area contributed by atoms with Crippen LogP contribution in [0.15, 0.2) is 53.3 Å². The molecule has 0 aliphatic rings. The van der Waals surface area contributed by atoms with Crippen molar-refractivity contribution < 1.29 is 13.7 Å². The van der Waals surface area contributed by atoms with Crippen molar-refractivity contribution in [3.63, 3.8) is 0 Å². The van der Waals surface area contributed by atoms with Gasteiger partial charge in [0.05, 0.1) is 0 Å². The van der Waals surface area contributed by atoms with Crippen LogP contribution in [0.4, 0.5) is 4.39 Å². The number of hydrogen-bond donors (Lipinski definition) is 0. The predicted molar refractivity (Wildman–Crippen MR) is 68.3 cm³/mol. The van der Waals surface area contributed by atoms with Gasteiger partial charge in [0.1, 0.15) is 0 Å². The lowest BCUT2D eigenvalue weighted by Gasteiger charge is -2.03. The fraction of sp³-hybridized carbons (Fsp3) is 0.0714. The molecule has 20 heavy (non-hydrogen) atoms. The van der Waals surface area contributed by atoms with Gasteiger partial charge in [-0.15, -0.1) is 0 Å². The Bertz CT molecular complexity index is 700. The lowest BCUT2D eigenvalue weighted by atomic mass is 10.2. The third-order valence-electron chi connectivity index (χ3n) is 2.59. The van der Waals surface area contributed by atoms with Gasteiger partial charge in [-0.3, -0.25) is 4.98 Å². The molecule has 5 nitrogen and oxygen atoms in total. The maximum atomic E-state index is 13.4. The monoisotopic (exact) mass is 271 g/mol. The molecular weight excluding hydrogens is 261 g/mol. The summed E-state index contributed by atoms with van der Waals surface area (Å²) >= 11 is 0. The van der Waals surface area contributed by atoms with Crippen molar-refractivity contribution in [1.29, 1.82) is 0 Å². The number of aromatic nitrogens is 3. The summed E-state index contributed by atoms with van der Waals surface area (Å²) in [5, 5.41) is 3.83. The molecule has 0 unspecified atom stereocenters. The maximum Gasteiger partial charge on any atom is 0.264 e. The second kappa shape index (κ2) is 5.48. The van der Waals surface area contributed by atoms with E-state index in [0.29, 0.717) is 5.82 Å². The molecule has 6 heteroatoms. The van der Waals surface area contributed by atoms with E-state index in [-0.39, 0.29) is 18.2 Å². The molecule has 0 radical (unpaired) electrons. The third-order valence-corrected chi connectivity index (χ3v) is 2.59. The van der Waals surface area contributed by atoms with E-state index >= 15 is 0 Å². The molecule has 100 valence electrons. The number of pyridine rings is 1. The van der Waals surface area contributed by atoms with Gasteiger partial charge in [-0.05, 0) is 24.3 Å². The third kappa shape index (κ3) is 2.64. The van der Waals surface area contributed by atoms with Gasteiger partial charge in [0, 0.05) is 18.0 Å². The molecule has 2 heterocycles. The number of para-hydroxylation sites is 1. The summed E-state index contributed by atoms with van der Waals surface area (Å²) < 4.78 is 23.7. The molecular formula is C14H10FN3O2. The smallest absolute Gasteiger partial charge is 0.264 e. The summed E-state index contributed by atoms with van der Waals surface area (Å²) in [7, 11) is 0. The lowest BCUT2D eigenvalue weighted by Crippen LogP contribution is -1.97. The van der Waals surface area contributed by atoms with E-state index in [1.807, 2.05) is 0 Å². The minimum absolute atomic E-state index is 0.0129. The van der Waals surface area contributed by atoms with Crippen LogP contribution in [-0.4, -0.2) is 15.1 Å². The Kier molecular flexibility index (Phi) is 3.36. The van der Waals surface area contributed by atoms with Crippen molar-refractivity contribution in [3.05, 3.63) is 60.5 Å². The topological polar surface area (TPSA) is 61.0 Å². The van der Waals surface area contributed by atoms with Crippen molar-refractivity contribution in [2.24, 2.45) is 0 Å². The van der Waals surface area contributed by atoms with Crippen LogP contribution in [0.5, 0.6) is 5.75 Å². The van der Waals surface area contributed by atoms with Gasteiger partial charge in [-0.1, -0.05) is 17.3 Å². The van der Waals surface area contributed by atoms with Crippen LogP contribution in [0.25, 0.3) is 11.4 Å². The highest BCUT2D eigenvalue weighted by Crippen LogP contribution is 2.18. The Morgan fingerprint density at radius 2 is 1.90 bits per heavy atom. The summed E-state index contributed by atoms with van der Waals surface area (Å²) in [6.45, 7) is 0.0129. The number of halogens is 1. The van der Waals surface area contributed by atoms with Crippen LogP contribution < -0.4 is 4.74 Å². The van der Waals surface area contributed by atoms with E-state index in [9.17, 15) is 4.39 Å². The van der Waals surface area contributed by atoms with Crippen molar-refractivity contribution in [1.82, 2.24) is 15.1 Å². The highest BCUT2D eigenvalue weighted by atomic mass is 19.1. The second-order valence-electron chi connectivity index (χ2n) is 3.97. The zero-order chi connectivity index (χ0) is 13.8. The Hall–Kier alpha value is -2.76. The summed E-state index contributed by atoms with van der Waals surface area (Å²) in [5.41, 5.74) is 0.792. The number of nitrogens with zero attached hydrogens (tertiary/aromatic N) is 3. The summed E-state index contributed by atoms with van der Waals surface area (Å²) in [5.74, 6) is 0.442. The number of ether oxygens (including phenoxy) is 1. The largest absolute Gasteiger partial charge is 0.481 e. The molecule has 1 aromatic carbocycles. The van der Waals surface area contributed by atoms with Crippen molar-refractivity contribution >= 4 is 0 Å². The molecule has 3 rings (SSSR count). The van der Waals surface area contributed by atoms with E-state index in [2.05, 4.69) is 15.1 Å². The average molecular weight is 271 g/mol. The van der Waals surface area contributed by atoms with Crippen LogP contribution in [0.3, 0.4) is 0 Å². The average Bonchev–Trinajstić information content (AvgIpc) is 2.96. The first-order valence-corrected chi connectivity index (χ1v) is 5.93. The Balaban J connectivity index is 1.71.